The number of phenolic OH excluding ortho intramolecular Hbond substituents is 2. The number of phenols is 2. The molecule has 0 aliphatic carbocycles. The number of carbonyl (C=O) groups is 2. The zero-order valence-electron chi connectivity index (χ0n) is 22.4. The predicted molar refractivity (Wildman–Crippen MR) is 155 cm³/mol. The van der Waals surface area contributed by atoms with E-state index in [0.29, 0.717) is 40.2 Å². The second-order valence-electron chi connectivity index (χ2n) is 8.76. The molecule has 0 aliphatic heterocycles. The summed E-state index contributed by atoms with van der Waals surface area (Å²) in [7, 11) is 2.95. The van der Waals surface area contributed by atoms with Gasteiger partial charge in [-0.05, 0) is 66.1 Å². The van der Waals surface area contributed by atoms with Crippen molar-refractivity contribution in [2.75, 3.05) is 14.2 Å². The average molecular weight is 553 g/mol. The highest BCUT2D eigenvalue weighted by Crippen LogP contribution is 2.23. The zero-order chi connectivity index (χ0) is 29.2. The number of benzene rings is 4. The number of hydrogen-bond donors (Lipinski definition) is 4. The van der Waals surface area contributed by atoms with E-state index in [9.17, 15) is 19.8 Å². The fraction of sp³-hybridized carbons (Fsp3) is 0.0968. The van der Waals surface area contributed by atoms with Crippen LogP contribution < -0.4 is 20.3 Å². The van der Waals surface area contributed by atoms with Crippen LogP contribution in [0.1, 0.15) is 43.0 Å². The van der Waals surface area contributed by atoms with Crippen LogP contribution in [0.2, 0.25) is 0 Å². The first-order chi connectivity index (χ1) is 19.9. The standard InChI is InChI=1S/C31H28N4O6/c1-40-28-9-5-3-7-24(28)30(38)34-32-18-22-16-20(11-13-26(22)36)15-21-12-14-27(37)23(17-21)19-33-35-31(39)25-8-4-6-10-29(25)41-2/h3-14,16-19,36-37H,15H2,1-2H3,(H,34,38)(H,35,39)/b32-18-,33-19-. The lowest BCUT2D eigenvalue weighted by atomic mass is 10.0. The van der Waals surface area contributed by atoms with Gasteiger partial charge in [-0.1, -0.05) is 36.4 Å². The lowest BCUT2D eigenvalue weighted by molar-refractivity contribution is 0.0944. The Balaban J connectivity index is 1.43. The summed E-state index contributed by atoms with van der Waals surface area (Å²) < 4.78 is 10.4. The van der Waals surface area contributed by atoms with Crippen LogP contribution in [0.25, 0.3) is 0 Å². The fourth-order valence-corrected chi connectivity index (χ4v) is 3.98. The first-order valence-corrected chi connectivity index (χ1v) is 12.5. The van der Waals surface area contributed by atoms with Crippen molar-refractivity contribution in [2.24, 2.45) is 10.2 Å². The third-order valence-corrected chi connectivity index (χ3v) is 6.03. The van der Waals surface area contributed by atoms with E-state index in [-0.39, 0.29) is 11.5 Å². The largest absolute Gasteiger partial charge is 0.507 e. The van der Waals surface area contributed by atoms with Crippen molar-refractivity contribution in [3.8, 4) is 23.0 Å². The van der Waals surface area contributed by atoms with E-state index in [1.807, 2.05) is 0 Å². The summed E-state index contributed by atoms with van der Waals surface area (Å²) >= 11 is 0. The van der Waals surface area contributed by atoms with Gasteiger partial charge in [0.2, 0.25) is 0 Å². The monoisotopic (exact) mass is 552 g/mol. The Kier molecular flexibility index (Phi) is 9.29. The van der Waals surface area contributed by atoms with Crippen molar-refractivity contribution in [1.29, 1.82) is 0 Å². The molecular formula is C31H28N4O6. The molecule has 208 valence electrons. The van der Waals surface area contributed by atoms with Crippen molar-refractivity contribution in [1.82, 2.24) is 10.9 Å². The van der Waals surface area contributed by atoms with Crippen LogP contribution in [0, 0.1) is 0 Å². The summed E-state index contributed by atoms with van der Waals surface area (Å²) in [5, 5.41) is 28.5. The minimum Gasteiger partial charge on any atom is -0.507 e. The minimum absolute atomic E-state index is 0.00615. The molecule has 0 saturated carbocycles. The second-order valence-corrected chi connectivity index (χ2v) is 8.76. The zero-order valence-corrected chi connectivity index (χ0v) is 22.4. The van der Waals surface area contributed by atoms with Gasteiger partial charge in [-0.2, -0.15) is 10.2 Å². The summed E-state index contributed by atoms with van der Waals surface area (Å²) in [6, 6.07) is 23.6. The first kappa shape index (κ1) is 28.4. The molecule has 0 unspecified atom stereocenters. The number of nitrogens with zero attached hydrogens (tertiary/aromatic N) is 2. The lowest BCUT2D eigenvalue weighted by Crippen LogP contribution is -2.18. The van der Waals surface area contributed by atoms with Crippen LogP contribution in [-0.4, -0.2) is 48.7 Å². The van der Waals surface area contributed by atoms with E-state index in [1.165, 1.54) is 38.8 Å². The van der Waals surface area contributed by atoms with Crippen LogP contribution in [0.3, 0.4) is 0 Å². The van der Waals surface area contributed by atoms with Gasteiger partial charge in [0.15, 0.2) is 0 Å². The number of aromatic hydroxyl groups is 2. The van der Waals surface area contributed by atoms with E-state index >= 15 is 0 Å². The number of nitrogens with one attached hydrogen (secondary N) is 2. The molecule has 4 rings (SSSR count). The molecule has 0 heterocycles. The molecule has 0 fully saturated rings. The van der Waals surface area contributed by atoms with Crippen LogP contribution in [0.5, 0.6) is 23.0 Å². The average Bonchev–Trinajstić information content (AvgIpc) is 3.00. The Hall–Kier alpha value is -5.64. The third-order valence-electron chi connectivity index (χ3n) is 6.03. The number of methoxy groups -OCH3 is 2. The lowest BCUT2D eigenvalue weighted by Gasteiger charge is -2.08. The molecule has 2 amide bonds. The van der Waals surface area contributed by atoms with E-state index in [0.717, 1.165) is 11.1 Å². The predicted octanol–water partition coefficient (Wildman–Crippen LogP) is 4.23. The third kappa shape index (κ3) is 7.27. The number of amides is 2. The highest BCUT2D eigenvalue weighted by Gasteiger charge is 2.12. The van der Waals surface area contributed by atoms with Gasteiger partial charge in [0.1, 0.15) is 23.0 Å². The van der Waals surface area contributed by atoms with Gasteiger partial charge in [0, 0.05) is 11.1 Å². The van der Waals surface area contributed by atoms with E-state index in [4.69, 9.17) is 9.47 Å². The summed E-state index contributed by atoms with van der Waals surface area (Å²) in [4.78, 5) is 24.9. The number of para-hydroxylation sites is 2. The van der Waals surface area contributed by atoms with Crippen molar-refractivity contribution in [3.05, 3.63) is 118 Å². The van der Waals surface area contributed by atoms with Crippen LogP contribution in [-0.2, 0) is 6.42 Å². The molecule has 0 spiro atoms. The minimum atomic E-state index is -0.452. The Bertz CT molecular complexity index is 1500. The van der Waals surface area contributed by atoms with Gasteiger partial charge in [0.25, 0.3) is 11.8 Å². The molecule has 0 atom stereocenters. The number of hydrogen-bond acceptors (Lipinski definition) is 8. The molecule has 0 radical (unpaired) electrons. The maximum Gasteiger partial charge on any atom is 0.275 e. The molecular weight excluding hydrogens is 524 g/mol. The summed E-state index contributed by atoms with van der Waals surface area (Å²) in [5.74, 6) is -0.0792. The van der Waals surface area contributed by atoms with Gasteiger partial charge in [-0.3, -0.25) is 9.59 Å². The van der Waals surface area contributed by atoms with E-state index in [1.54, 1.807) is 72.8 Å². The van der Waals surface area contributed by atoms with Gasteiger partial charge in [-0.15, -0.1) is 0 Å². The van der Waals surface area contributed by atoms with Crippen LogP contribution in [0.4, 0.5) is 0 Å². The van der Waals surface area contributed by atoms with Crippen LogP contribution in [0.15, 0.2) is 95.1 Å². The molecule has 0 saturated heterocycles. The highest BCUT2D eigenvalue weighted by molar-refractivity contribution is 5.98. The highest BCUT2D eigenvalue weighted by atomic mass is 16.5. The van der Waals surface area contributed by atoms with Gasteiger partial charge < -0.3 is 19.7 Å². The molecule has 41 heavy (non-hydrogen) atoms. The molecule has 0 aromatic heterocycles. The van der Waals surface area contributed by atoms with E-state index in [2.05, 4.69) is 21.1 Å². The van der Waals surface area contributed by atoms with Crippen molar-refractivity contribution >= 4 is 24.2 Å². The Morgan fingerprint density at radius 2 is 1.10 bits per heavy atom. The number of hydrazone groups is 2. The Morgan fingerprint density at radius 3 is 1.51 bits per heavy atom. The summed E-state index contributed by atoms with van der Waals surface area (Å²) in [6.07, 6.45) is 3.17. The van der Waals surface area contributed by atoms with Crippen molar-refractivity contribution in [3.63, 3.8) is 0 Å². The molecule has 0 aliphatic rings. The first-order valence-electron chi connectivity index (χ1n) is 12.5. The topological polar surface area (TPSA) is 142 Å². The second kappa shape index (κ2) is 13.4. The molecule has 10 nitrogen and oxygen atoms in total. The molecule has 10 heteroatoms. The van der Waals surface area contributed by atoms with Gasteiger partial charge >= 0.3 is 0 Å². The summed E-state index contributed by atoms with van der Waals surface area (Å²) in [6.45, 7) is 0. The van der Waals surface area contributed by atoms with E-state index < -0.39 is 11.8 Å². The van der Waals surface area contributed by atoms with Crippen molar-refractivity contribution in [2.45, 2.75) is 6.42 Å². The molecule has 4 N–H and O–H groups in total. The fourth-order valence-electron chi connectivity index (χ4n) is 3.98. The van der Waals surface area contributed by atoms with Crippen LogP contribution >= 0.6 is 0 Å². The Labute approximate surface area is 236 Å². The maximum absolute atomic E-state index is 12.5. The van der Waals surface area contributed by atoms with Gasteiger partial charge in [-0.25, -0.2) is 10.9 Å². The van der Waals surface area contributed by atoms with Gasteiger partial charge in [0.05, 0.1) is 37.8 Å². The maximum atomic E-state index is 12.5. The molecule has 0 bridgehead atoms. The smallest absolute Gasteiger partial charge is 0.275 e. The number of carbonyl (C=O) groups excluding carboxylic acids is 2. The molecule has 4 aromatic carbocycles. The van der Waals surface area contributed by atoms with Crippen molar-refractivity contribution < 1.29 is 29.3 Å². The molecule has 4 aromatic rings. The number of rotatable bonds is 10. The quantitative estimate of drug-likeness (QED) is 0.171. The SMILES string of the molecule is COc1ccccc1C(=O)N/N=C\c1cc(Cc2ccc(O)c(/C=N\NC(=O)c3ccccc3OC)c2)ccc1O. The summed E-state index contributed by atoms with van der Waals surface area (Å²) in [5.41, 5.74) is 8.03. The Morgan fingerprint density at radius 1 is 0.683 bits per heavy atom. The normalized spacial score (nSPS) is 11.0. The number of ether oxygens (including phenoxy) is 2.